The summed E-state index contributed by atoms with van der Waals surface area (Å²) in [6.07, 6.45) is 3.67. The maximum Gasteiger partial charge on any atom is 0.337 e. The van der Waals surface area contributed by atoms with Crippen molar-refractivity contribution >= 4 is 16.9 Å². The van der Waals surface area contributed by atoms with Gasteiger partial charge in [-0.3, -0.25) is 20.5 Å². The Balaban J connectivity index is 0.000000567. The van der Waals surface area contributed by atoms with Crippen LogP contribution in [0.3, 0.4) is 0 Å². The Kier molecular flexibility index (Phi) is 6.40. The van der Waals surface area contributed by atoms with E-state index in [1.165, 1.54) is 23.8 Å². The fraction of sp³-hybridized carbons (Fsp3) is 0.500. The first-order chi connectivity index (χ1) is 15.3. The van der Waals surface area contributed by atoms with E-state index in [0.29, 0.717) is 11.5 Å². The van der Waals surface area contributed by atoms with Gasteiger partial charge in [-0.25, -0.2) is 4.79 Å². The number of carbonyl (C=O) groups is 1. The van der Waals surface area contributed by atoms with Crippen molar-refractivity contribution in [3.05, 3.63) is 41.3 Å². The summed E-state index contributed by atoms with van der Waals surface area (Å²) in [5.41, 5.74) is 4.49. The van der Waals surface area contributed by atoms with Crippen LogP contribution in [0.1, 0.15) is 30.6 Å². The van der Waals surface area contributed by atoms with Gasteiger partial charge in [-0.05, 0) is 37.5 Å². The van der Waals surface area contributed by atoms with Crippen LogP contribution in [0.2, 0.25) is 0 Å². The predicted octanol–water partition coefficient (Wildman–Crippen LogP) is 2.64. The zero-order valence-corrected chi connectivity index (χ0v) is 18.3. The number of carbonyl (C=O) groups excluding carboxylic acids is 1. The van der Waals surface area contributed by atoms with Crippen LogP contribution >= 0.6 is 0 Å². The first-order valence-corrected chi connectivity index (χ1v) is 10.6. The molecule has 1 fully saturated rings. The van der Waals surface area contributed by atoms with Crippen LogP contribution in [0.15, 0.2) is 30.0 Å². The highest BCUT2D eigenvalue weighted by Crippen LogP contribution is 2.47. The molecule has 0 bridgehead atoms. The molecule has 174 valence electrons. The molecule has 10 nitrogen and oxygen atoms in total. The van der Waals surface area contributed by atoms with E-state index in [-0.39, 0.29) is 24.0 Å². The molecular weight excluding hydrogens is 418 g/mol. The number of aromatic amines is 1. The smallest absolute Gasteiger partial charge is 0.337 e. The Hall–Kier alpha value is -2.63. The lowest BCUT2D eigenvalue weighted by molar-refractivity contribution is -0.472. The van der Waals surface area contributed by atoms with Gasteiger partial charge in [0.2, 0.25) is 0 Å². The number of rotatable bonds is 2. The highest BCUT2D eigenvalue weighted by Gasteiger charge is 2.46. The largest absolute Gasteiger partial charge is 0.497 e. The fourth-order valence-corrected chi connectivity index (χ4v) is 5.35. The van der Waals surface area contributed by atoms with Gasteiger partial charge in [-0.15, -0.1) is 0 Å². The predicted molar refractivity (Wildman–Crippen MR) is 112 cm³/mol. The van der Waals surface area contributed by atoms with Gasteiger partial charge in [0.15, 0.2) is 0 Å². The van der Waals surface area contributed by atoms with E-state index in [9.17, 15) is 4.79 Å². The number of benzene rings is 1. The standard InChI is InChI=1S/C22H26N2O4.H3NO3/c1-12-17-10-24-7-6-15-14-5-4-13(26-2)8-19(14)23-21(15)20(24)9-16(17)18(11-28-12)22(25)27-3;2-1(3)4/h4-5,8,11-12,16-17,20,23H,6-7,9-10H2,1-3H3;2-4H. The lowest BCUT2D eigenvalue weighted by Crippen LogP contribution is -2.51. The van der Waals surface area contributed by atoms with Crippen LogP contribution in [0, 0.1) is 11.8 Å². The Morgan fingerprint density at radius 1 is 1.28 bits per heavy atom. The maximum absolute atomic E-state index is 12.3. The molecule has 0 saturated carbocycles. The van der Waals surface area contributed by atoms with Crippen LogP contribution in [0.4, 0.5) is 0 Å². The van der Waals surface area contributed by atoms with E-state index in [2.05, 4.69) is 28.9 Å². The molecule has 5 rings (SSSR count). The molecule has 1 aromatic carbocycles. The van der Waals surface area contributed by atoms with E-state index in [1.54, 1.807) is 13.4 Å². The van der Waals surface area contributed by atoms with Gasteiger partial charge in [-0.2, -0.15) is 0 Å². The third-order valence-electron chi connectivity index (χ3n) is 6.84. The molecule has 4 heterocycles. The Morgan fingerprint density at radius 3 is 2.72 bits per heavy atom. The van der Waals surface area contributed by atoms with Gasteiger partial charge >= 0.3 is 5.97 Å². The number of methoxy groups -OCH3 is 2. The summed E-state index contributed by atoms with van der Waals surface area (Å²) >= 11 is 0. The minimum absolute atomic E-state index is 0.104. The molecule has 4 atom stereocenters. The van der Waals surface area contributed by atoms with Crippen LogP contribution < -0.4 is 4.74 Å². The molecule has 0 radical (unpaired) electrons. The molecular formula is C22H29N3O7. The van der Waals surface area contributed by atoms with Gasteiger partial charge in [0, 0.05) is 47.6 Å². The molecule has 0 amide bonds. The maximum atomic E-state index is 12.3. The van der Waals surface area contributed by atoms with Crippen molar-refractivity contribution in [2.75, 3.05) is 27.3 Å². The minimum atomic E-state index is -1.00. The molecule has 1 aromatic heterocycles. The number of nitrogens with one attached hydrogen (secondary N) is 1. The molecule has 4 unspecified atom stereocenters. The van der Waals surface area contributed by atoms with Gasteiger partial charge in [-0.1, -0.05) is 0 Å². The second kappa shape index (κ2) is 9.08. The highest BCUT2D eigenvalue weighted by atomic mass is 17.0. The van der Waals surface area contributed by atoms with E-state index in [4.69, 9.17) is 29.8 Å². The van der Waals surface area contributed by atoms with Crippen LogP contribution in [0.5, 0.6) is 5.75 Å². The summed E-state index contributed by atoms with van der Waals surface area (Å²) < 4.78 is 16.2. The van der Waals surface area contributed by atoms with Crippen molar-refractivity contribution in [2.45, 2.75) is 31.9 Å². The number of fused-ring (bicyclic) bond motifs is 6. The molecule has 3 aliphatic rings. The molecule has 0 aliphatic carbocycles. The Bertz CT molecular complexity index is 1020. The highest BCUT2D eigenvalue weighted by molar-refractivity contribution is 5.89. The Labute approximate surface area is 185 Å². The third-order valence-corrected chi connectivity index (χ3v) is 6.84. The second-order valence-electron chi connectivity index (χ2n) is 8.37. The normalized spacial score (nSPS) is 26.7. The first kappa shape index (κ1) is 22.6. The van der Waals surface area contributed by atoms with Gasteiger partial charge in [0.1, 0.15) is 5.75 Å². The summed E-state index contributed by atoms with van der Waals surface area (Å²) in [6.45, 7) is 4.07. The van der Waals surface area contributed by atoms with Crippen molar-refractivity contribution < 1.29 is 34.6 Å². The van der Waals surface area contributed by atoms with Crippen LogP contribution in [-0.4, -0.2) is 70.3 Å². The summed E-state index contributed by atoms with van der Waals surface area (Å²) in [7, 11) is 3.13. The minimum Gasteiger partial charge on any atom is -0.497 e. The van der Waals surface area contributed by atoms with Crippen molar-refractivity contribution in [3.63, 3.8) is 0 Å². The fourth-order valence-electron chi connectivity index (χ4n) is 5.35. The zero-order chi connectivity index (χ0) is 23.0. The summed E-state index contributed by atoms with van der Waals surface area (Å²) in [4.78, 5) is 18.6. The van der Waals surface area contributed by atoms with Crippen LogP contribution in [0.25, 0.3) is 10.9 Å². The number of ether oxygens (including phenoxy) is 3. The average molecular weight is 447 g/mol. The number of hydrogen-bond donors (Lipinski definition) is 4. The first-order valence-electron chi connectivity index (χ1n) is 10.6. The van der Waals surface area contributed by atoms with Gasteiger partial charge in [0.25, 0.3) is 0 Å². The number of hydrogen-bond acceptors (Lipinski definition) is 9. The molecule has 3 aliphatic heterocycles. The van der Waals surface area contributed by atoms with Crippen LogP contribution in [-0.2, 0) is 20.7 Å². The van der Waals surface area contributed by atoms with Crippen molar-refractivity contribution in [2.24, 2.45) is 11.8 Å². The molecule has 0 spiro atoms. The second-order valence-corrected chi connectivity index (χ2v) is 8.37. The molecule has 2 aromatic rings. The lowest BCUT2D eigenvalue weighted by Gasteiger charge is -2.49. The number of H-pyrrole nitrogens is 1. The van der Waals surface area contributed by atoms with E-state index in [1.807, 2.05) is 6.07 Å². The van der Waals surface area contributed by atoms with Crippen molar-refractivity contribution in [3.8, 4) is 5.75 Å². The van der Waals surface area contributed by atoms with Gasteiger partial charge < -0.3 is 19.2 Å². The quantitative estimate of drug-likeness (QED) is 0.406. The van der Waals surface area contributed by atoms with Gasteiger partial charge in [0.05, 0.1) is 43.6 Å². The Morgan fingerprint density at radius 2 is 2.03 bits per heavy atom. The third kappa shape index (κ3) is 4.07. The number of esters is 1. The molecule has 4 N–H and O–H groups in total. The molecule has 32 heavy (non-hydrogen) atoms. The van der Waals surface area contributed by atoms with Crippen molar-refractivity contribution in [1.29, 1.82) is 0 Å². The topological polar surface area (TPSA) is 128 Å². The summed E-state index contributed by atoms with van der Waals surface area (Å²) in [5, 5.41) is 21.3. The summed E-state index contributed by atoms with van der Waals surface area (Å²) in [6, 6.07) is 6.53. The van der Waals surface area contributed by atoms with E-state index in [0.717, 1.165) is 37.2 Å². The molecule has 10 heteroatoms. The SMILES string of the molecule is COC(=O)C1=COC(C)C2CN3CCc4c([nH]c5cc(OC)ccc45)C3CC12.ON(O)O. The number of piperidine rings is 1. The van der Waals surface area contributed by atoms with E-state index >= 15 is 0 Å². The zero-order valence-electron chi connectivity index (χ0n) is 18.3. The monoisotopic (exact) mass is 447 g/mol. The lowest BCUT2D eigenvalue weighted by atomic mass is 9.72. The number of aromatic nitrogens is 1. The van der Waals surface area contributed by atoms with E-state index < -0.39 is 5.39 Å². The number of nitrogens with zero attached hydrogens (tertiary/aromatic N) is 2. The average Bonchev–Trinajstić information content (AvgIpc) is 3.15. The molecule has 1 saturated heterocycles. The summed E-state index contributed by atoms with van der Waals surface area (Å²) in [5.74, 6) is 1.05. The van der Waals surface area contributed by atoms with Crippen molar-refractivity contribution in [1.82, 2.24) is 15.3 Å².